The molecular weight excluding hydrogens is 391 g/mol. The Morgan fingerprint density at radius 2 is 1.55 bits per heavy atom. The minimum atomic E-state index is -0.826. The minimum absolute atomic E-state index is 0.676. The molecule has 0 unspecified atom stereocenters. The Hall–Kier alpha value is 0.318. The van der Waals surface area contributed by atoms with Crippen LogP contribution in [0.3, 0.4) is 0 Å². The Morgan fingerprint density at radius 1 is 1.00 bits per heavy atom. The van der Waals surface area contributed by atoms with E-state index in [9.17, 15) is 0 Å². The van der Waals surface area contributed by atoms with Gasteiger partial charge in [-0.05, 0) is 45.4 Å². The van der Waals surface area contributed by atoms with Crippen LogP contribution in [0.1, 0.15) is 34.6 Å². The second-order valence-corrected chi connectivity index (χ2v) is 9.43. The van der Waals surface area contributed by atoms with Gasteiger partial charge >= 0.3 is 37.9 Å². The molecule has 0 N–H and O–H groups in total. The first-order chi connectivity index (χ1) is 10.4. The molecular formula is C17H24BCl2NZr-. The first-order valence-corrected chi connectivity index (χ1v) is 13.8. The van der Waals surface area contributed by atoms with E-state index in [-0.39, 0.29) is 0 Å². The first-order valence-electron chi connectivity index (χ1n) is 7.52. The number of hydrogen-bond acceptors (Lipinski definition) is 1. The second-order valence-electron chi connectivity index (χ2n) is 5.70. The van der Waals surface area contributed by atoms with Crippen molar-refractivity contribution < 1.29 is 20.8 Å². The van der Waals surface area contributed by atoms with Gasteiger partial charge in [-0.1, -0.05) is 36.5 Å². The summed E-state index contributed by atoms with van der Waals surface area (Å²) in [5, 5.41) is 0. The van der Waals surface area contributed by atoms with Crippen molar-refractivity contribution in [3.05, 3.63) is 59.0 Å². The first kappa shape index (κ1) is 20.4. The molecule has 5 heteroatoms. The fourth-order valence-electron chi connectivity index (χ4n) is 2.76. The third kappa shape index (κ3) is 5.44. The van der Waals surface area contributed by atoms with E-state index in [0.717, 1.165) is 6.54 Å². The van der Waals surface area contributed by atoms with Gasteiger partial charge in [0.1, 0.15) is 6.85 Å². The summed E-state index contributed by atoms with van der Waals surface area (Å²) >= 11 is -0.826. The van der Waals surface area contributed by atoms with Crippen molar-refractivity contribution in [3.63, 3.8) is 0 Å². The van der Waals surface area contributed by atoms with Crippen molar-refractivity contribution in [1.29, 1.82) is 0 Å². The third-order valence-corrected chi connectivity index (χ3v) is 4.71. The number of allylic oxidation sites excluding steroid dienone is 5. The van der Waals surface area contributed by atoms with Gasteiger partial charge in [0, 0.05) is 5.92 Å². The monoisotopic (exact) mass is 413 g/mol. The molecule has 0 atom stereocenters. The molecule has 0 amide bonds. The van der Waals surface area contributed by atoms with E-state index >= 15 is 0 Å². The third-order valence-electron chi connectivity index (χ3n) is 4.71. The summed E-state index contributed by atoms with van der Waals surface area (Å²) in [5.74, 6) is 3.72. The van der Waals surface area contributed by atoms with Crippen molar-refractivity contribution in [2.24, 2.45) is 0 Å². The van der Waals surface area contributed by atoms with E-state index in [1.54, 1.807) is 0 Å². The maximum absolute atomic E-state index is 4.93. The molecule has 0 aromatic rings. The molecule has 22 heavy (non-hydrogen) atoms. The van der Waals surface area contributed by atoms with Gasteiger partial charge < -0.3 is 4.81 Å². The standard InChI is InChI=1S/C10H15.C7H9BN.2ClH.Zr/c1-6-7(2)9(4)10(5)8(6)3;1-2-6-9-7-3-5-8(9)4-1;;;/h1-5H3;1-3,5,7H,4,6H2;2*1H;/q;-1;;;+2/p-2. The van der Waals surface area contributed by atoms with Gasteiger partial charge in [-0.25, -0.2) is 12.1 Å². The molecule has 0 spiro atoms. The zero-order chi connectivity index (χ0) is 16.7. The molecule has 1 nitrogen and oxygen atoms in total. The summed E-state index contributed by atoms with van der Waals surface area (Å²) in [6, 6.07) is 0. The van der Waals surface area contributed by atoms with Crippen LogP contribution in [0.25, 0.3) is 0 Å². The van der Waals surface area contributed by atoms with Crippen molar-refractivity contribution in [2.45, 2.75) is 40.9 Å². The van der Waals surface area contributed by atoms with Crippen LogP contribution < -0.4 is 0 Å². The Bertz CT molecular complexity index is 473. The van der Waals surface area contributed by atoms with Crippen LogP contribution in [0.15, 0.2) is 46.5 Å². The number of fused-ring (bicyclic) bond motifs is 1. The average molecular weight is 415 g/mol. The van der Waals surface area contributed by atoms with E-state index in [0.29, 0.717) is 6.85 Å². The zero-order valence-corrected chi connectivity index (χ0v) is 18.1. The number of hydrogen-bond donors (Lipinski definition) is 0. The molecule has 0 saturated carbocycles. The molecule has 2 aliphatic heterocycles. The van der Waals surface area contributed by atoms with Crippen LogP contribution in [-0.4, -0.2) is 18.2 Å². The van der Waals surface area contributed by atoms with E-state index in [2.05, 4.69) is 70.2 Å². The molecule has 2 heterocycles. The molecule has 0 aromatic carbocycles. The van der Waals surface area contributed by atoms with Crippen LogP contribution in [0.5, 0.6) is 0 Å². The Balaban J connectivity index is 0.000000188. The predicted octanol–water partition coefficient (Wildman–Crippen LogP) is 5.76. The fraction of sp³-hybridized carbons (Fsp3) is 0.412. The number of rotatable bonds is 0. The van der Waals surface area contributed by atoms with Crippen molar-refractivity contribution in [3.8, 4) is 0 Å². The fourth-order valence-corrected chi connectivity index (χ4v) is 2.76. The Morgan fingerprint density at radius 3 is 1.95 bits per heavy atom. The van der Waals surface area contributed by atoms with Gasteiger partial charge in [0.25, 0.3) is 0 Å². The van der Waals surface area contributed by atoms with E-state index in [1.165, 1.54) is 34.5 Å². The summed E-state index contributed by atoms with van der Waals surface area (Å²) < 4.78 is 0. The molecule has 3 rings (SSSR count). The SMILES string of the molecule is C1=CB2CC=CCN2[CH-]1.C[C]1C(C)=C(C)C(C)=C1C.[Cl][Zr][Cl]. The summed E-state index contributed by atoms with van der Waals surface area (Å²) in [6.07, 6.45) is 7.80. The maximum atomic E-state index is 4.93. The molecule has 0 bridgehead atoms. The molecule has 0 fully saturated rings. The van der Waals surface area contributed by atoms with Crippen LogP contribution in [0.2, 0.25) is 6.32 Å². The van der Waals surface area contributed by atoms with Crippen LogP contribution in [0, 0.1) is 12.5 Å². The van der Waals surface area contributed by atoms with E-state index < -0.39 is 20.8 Å². The summed E-state index contributed by atoms with van der Waals surface area (Å²) in [6.45, 7) is 14.9. The van der Waals surface area contributed by atoms with Crippen LogP contribution in [0.4, 0.5) is 0 Å². The van der Waals surface area contributed by atoms with Gasteiger partial charge in [0.15, 0.2) is 0 Å². The van der Waals surface area contributed by atoms with Crippen LogP contribution >= 0.6 is 17.0 Å². The van der Waals surface area contributed by atoms with Gasteiger partial charge in [0.05, 0.1) is 0 Å². The molecule has 1 radical (unpaired) electrons. The quantitative estimate of drug-likeness (QED) is 0.276. The predicted molar refractivity (Wildman–Crippen MR) is 97.2 cm³/mol. The molecule has 3 aliphatic rings. The zero-order valence-electron chi connectivity index (χ0n) is 14.1. The van der Waals surface area contributed by atoms with Gasteiger partial charge in [-0.3, -0.25) is 0 Å². The normalized spacial score (nSPS) is 20.2. The average Bonchev–Trinajstić information content (AvgIpc) is 3.06. The molecule has 0 saturated heterocycles. The van der Waals surface area contributed by atoms with Crippen molar-refractivity contribution in [1.82, 2.24) is 4.81 Å². The Labute approximate surface area is 155 Å². The summed E-state index contributed by atoms with van der Waals surface area (Å²) in [5.41, 5.74) is 5.87. The molecule has 119 valence electrons. The Kier molecular flexibility index (Phi) is 9.48. The number of nitrogens with zero attached hydrogens (tertiary/aromatic N) is 1. The number of halogens is 2. The topological polar surface area (TPSA) is 3.24 Å². The molecule has 1 aliphatic carbocycles. The summed E-state index contributed by atoms with van der Waals surface area (Å²) in [7, 11) is 9.87. The van der Waals surface area contributed by atoms with Crippen molar-refractivity contribution >= 4 is 23.9 Å². The van der Waals surface area contributed by atoms with Gasteiger partial charge in [-0.15, -0.1) is 0 Å². The van der Waals surface area contributed by atoms with E-state index in [4.69, 9.17) is 17.0 Å². The van der Waals surface area contributed by atoms with Gasteiger partial charge in [-0.2, -0.15) is 6.54 Å². The van der Waals surface area contributed by atoms with Crippen molar-refractivity contribution in [2.75, 3.05) is 6.54 Å². The van der Waals surface area contributed by atoms with E-state index in [1.807, 2.05) is 0 Å². The second kappa shape index (κ2) is 10.2. The molecule has 0 aromatic heterocycles. The summed E-state index contributed by atoms with van der Waals surface area (Å²) in [4.78, 5) is 2.35. The van der Waals surface area contributed by atoms with Crippen LogP contribution in [-0.2, 0) is 20.8 Å². The van der Waals surface area contributed by atoms with Gasteiger partial charge in [0.2, 0.25) is 0 Å².